The number of hydrogen-bond acceptors (Lipinski definition) is 3. The van der Waals surface area contributed by atoms with E-state index in [1.165, 1.54) is 11.8 Å². The minimum Gasteiger partial charge on any atom is -0.409 e. The van der Waals surface area contributed by atoms with E-state index >= 15 is 0 Å². The van der Waals surface area contributed by atoms with E-state index in [1.54, 1.807) is 12.1 Å². The molecule has 0 aromatic heterocycles. The van der Waals surface area contributed by atoms with E-state index in [9.17, 15) is 0 Å². The summed E-state index contributed by atoms with van der Waals surface area (Å²) in [6.45, 7) is 0. The molecule has 0 amide bonds. The Labute approximate surface area is 125 Å². The Kier molecular flexibility index (Phi) is 4.58. The second-order valence-electron chi connectivity index (χ2n) is 3.69. The van der Waals surface area contributed by atoms with Gasteiger partial charge in [-0.2, -0.15) is 0 Å². The highest BCUT2D eigenvalue weighted by atomic mass is 35.5. The van der Waals surface area contributed by atoms with Crippen molar-refractivity contribution < 1.29 is 5.21 Å². The monoisotopic (exact) mass is 312 g/mol. The smallest absolute Gasteiger partial charge is 0.171 e. The normalized spacial score (nSPS) is 11.6. The molecule has 19 heavy (non-hydrogen) atoms. The van der Waals surface area contributed by atoms with Gasteiger partial charge in [0.05, 0.1) is 5.02 Å². The van der Waals surface area contributed by atoms with E-state index < -0.39 is 0 Å². The molecule has 3 N–H and O–H groups in total. The van der Waals surface area contributed by atoms with Crippen molar-refractivity contribution in [1.82, 2.24) is 0 Å². The fraction of sp³-hybridized carbons (Fsp3) is 0. The van der Waals surface area contributed by atoms with Gasteiger partial charge in [0.25, 0.3) is 0 Å². The first-order chi connectivity index (χ1) is 9.10. The molecular formula is C13H10Cl2N2OS. The highest BCUT2D eigenvalue weighted by Crippen LogP contribution is 2.31. The van der Waals surface area contributed by atoms with E-state index in [1.807, 2.05) is 30.3 Å². The summed E-state index contributed by atoms with van der Waals surface area (Å²) in [5, 5.41) is 12.7. The zero-order valence-corrected chi connectivity index (χ0v) is 12.0. The van der Waals surface area contributed by atoms with E-state index in [0.29, 0.717) is 15.6 Å². The van der Waals surface area contributed by atoms with Gasteiger partial charge in [0.1, 0.15) is 0 Å². The molecular weight excluding hydrogens is 303 g/mol. The van der Waals surface area contributed by atoms with Crippen LogP contribution in [0, 0.1) is 0 Å². The molecule has 0 aliphatic carbocycles. The average Bonchev–Trinajstić information content (AvgIpc) is 2.38. The number of oxime groups is 1. The number of nitrogens with two attached hydrogens (primary N) is 1. The number of nitrogens with zero attached hydrogens (tertiary/aromatic N) is 1. The number of hydrogen-bond donors (Lipinski definition) is 2. The molecule has 0 unspecified atom stereocenters. The number of halogens is 2. The molecule has 0 radical (unpaired) electrons. The minimum atomic E-state index is -0.00990. The van der Waals surface area contributed by atoms with Crippen molar-refractivity contribution in [2.45, 2.75) is 9.79 Å². The topological polar surface area (TPSA) is 58.6 Å². The summed E-state index contributed by atoms with van der Waals surface area (Å²) >= 11 is 13.5. The van der Waals surface area contributed by atoms with Crippen LogP contribution in [0.1, 0.15) is 5.56 Å². The van der Waals surface area contributed by atoms with Crippen LogP contribution >= 0.6 is 35.0 Å². The van der Waals surface area contributed by atoms with Crippen LogP contribution in [0.5, 0.6) is 0 Å². The molecule has 0 spiro atoms. The number of benzene rings is 2. The molecule has 2 aromatic rings. The predicted molar refractivity (Wildman–Crippen MR) is 79.5 cm³/mol. The van der Waals surface area contributed by atoms with Gasteiger partial charge in [0, 0.05) is 20.4 Å². The van der Waals surface area contributed by atoms with Gasteiger partial charge in [-0.25, -0.2) is 0 Å². The second-order valence-corrected chi connectivity index (χ2v) is 5.68. The van der Waals surface area contributed by atoms with Crippen molar-refractivity contribution in [1.29, 1.82) is 0 Å². The average molecular weight is 313 g/mol. The van der Waals surface area contributed by atoms with E-state index in [4.69, 9.17) is 34.1 Å². The largest absolute Gasteiger partial charge is 0.409 e. The van der Waals surface area contributed by atoms with E-state index in [2.05, 4.69) is 5.16 Å². The lowest BCUT2D eigenvalue weighted by Crippen LogP contribution is -2.13. The van der Waals surface area contributed by atoms with Crippen molar-refractivity contribution >= 4 is 40.8 Å². The third-order valence-corrected chi connectivity index (χ3v) is 3.88. The maximum atomic E-state index is 8.63. The molecule has 3 nitrogen and oxygen atoms in total. The maximum absolute atomic E-state index is 8.63. The van der Waals surface area contributed by atoms with E-state index in [0.717, 1.165) is 9.79 Å². The third kappa shape index (κ3) is 3.56. The van der Waals surface area contributed by atoms with Crippen molar-refractivity contribution in [2.24, 2.45) is 10.9 Å². The molecule has 0 saturated heterocycles. The van der Waals surface area contributed by atoms with Crippen LogP contribution in [0.15, 0.2) is 57.4 Å². The van der Waals surface area contributed by atoms with Crippen LogP contribution in [-0.2, 0) is 0 Å². The fourth-order valence-electron chi connectivity index (χ4n) is 1.49. The van der Waals surface area contributed by atoms with Crippen LogP contribution < -0.4 is 5.73 Å². The number of amidine groups is 1. The van der Waals surface area contributed by atoms with Crippen LogP contribution in [0.2, 0.25) is 10.0 Å². The van der Waals surface area contributed by atoms with Gasteiger partial charge in [0.2, 0.25) is 0 Å². The van der Waals surface area contributed by atoms with Gasteiger partial charge in [-0.15, -0.1) is 0 Å². The number of rotatable bonds is 3. The molecule has 0 heterocycles. The SMILES string of the molecule is NC(=NO)c1ccc(Sc2cccc(Cl)c2)cc1Cl. The van der Waals surface area contributed by atoms with Crippen molar-refractivity contribution in [3.05, 3.63) is 58.1 Å². The first-order valence-electron chi connectivity index (χ1n) is 5.31. The molecule has 0 aliphatic rings. The molecule has 0 fully saturated rings. The molecule has 2 aromatic carbocycles. The molecule has 0 bridgehead atoms. The van der Waals surface area contributed by atoms with Crippen LogP contribution in [0.3, 0.4) is 0 Å². The summed E-state index contributed by atoms with van der Waals surface area (Å²) < 4.78 is 0. The predicted octanol–water partition coefficient (Wildman–Crippen LogP) is 4.24. The Morgan fingerprint density at radius 2 is 1.84 bits per heavy atom. The van der Waals surface area contributed by atoms with Gasteiger partial charge >= 0.3 is 0 Å². The van der Waals surface area contributed by atoms with Gasteiger partial charge in [-0.05, 0) is 36.4 Å². The minimum absolute atomic E-state index is 0.00990. The second kappa shape index (κ2) is 6.19. The van der Waals surface area contributed by atoms with E-state index in [-0.39, 0.29) is 5.84 Å². The summed E-state index contributed by atoms with van der Waals surface area (Å²) in [5.74, 6) is -0.00990. The third-order valence-electron chi connectivity index (χ3n) is 2.36. The summed E-state index contributed by atoms with van der Waals surface area (Å²) in [6.07, 6.45) is 0. The maximum Gasteiger partial charge on any atom is 0.171 e. The summed E-state index contributed by atoms with van der Waals surface area (Å²) in [7, 11) is 0. The molecule has 0 aliphatic heterocycles. The standard InChI is InChI=1S/C13H10Cl2N2OS/c14-8-2-1-3-9(6-8)19-10-4-5-11(12(15)7-10)13(16)17-18/h1-7,18H,(H2,16,17). The lowest BCUT2D eigenvalue weighted by atomic mass is 10.2. The molecule has 0 saturated carbocycles. The molecule has 0 atom stereocenters. The Bertz CT molecular complexity index is 632. The van der Waals surface area contributed by atoms with Crippen LogP contribution in [-0.4, -0.2) is 11.0 Å². The molecule has 6 heteroatoms. The molecule has 98 valence electrons. The Hall–Kier alpha value is -1.36. The van der Waals surface area contributed by atoms with Crippen molar-refractivity contribution in [2.75, 3.05) is 0 Å². The lowest BCUT2D eigenvalue weighted by molar-refractivity contribution is 0.318. The zero-order valence-electron chi connectivity index (χ0n) is 9.68. The fourth-order valence-corrected chi connectivity index (χ4v) is 3.00. The Morgan fingerprint density at radius 1 is 1.11 bits per heavy atom. The highest BCUT2D eigenvalue weighted by molar-refractivity contribution is 7.99. The first kappa shape index (κ1) is 14.1. The van der Waals surface area contributed by atoms with Gasteiger partial charge in [0.15, 0.2) is 5.84 Å². The van der Waals surface area contributed by atoms with Crippen LogP contribution in [0.4, 0.5) is 0 Å². The van der Waals surface area contributed by atoms with Crippen LogP contribution in [0.25, 0.3) is 0 Å². The Balaban J connectivity index is 2.26. The Morgan fingerprint density at radius 3 is 2.47 bits per heavy atom. The summed E-state index contributed by atoms with van der Waals surface area (Å²) in [5.41, 5.74) is 6.01. The van der Waals surface area contributed by atoms with Gasteiger partial charge in [-0.3, -0.25) is 0 Å². The summed E-state index contributed by atoms with van der Waals surface area (Å²) in [4.78, 5) is 1.96. The first-order valence-corrected chi connectivity index (χ1v) is 6.88. The molecule has 2 rings (SSSR count). The van der Waals surface area contributed by atoms with Gasteiger partial charge < -0.3 is 10.9 Å². The highest BCUT2D eigenvalue weighted by Gasteiger charge is 2.07. The quantitative estimate of drug-likeness (QED) is 0.386. The van der Waals surface area contributed by atoms with Crippen molar-refractivity contribution in [3.63, 3.8) is 0 Å². The lowest BCUT2D eigenvalue weighted by Gasteiger charge is -2.06. The van der Waals surface area contributed by atoms with Crippen molar-refractivity contribution in [3.8, 4) is 0 Å². The summed E-state index contributed by atoms with van der Waals surface area (Å²) in [6, 6.07) is 12.9. The zero-order chi connectivity index (χ0) is 13.8. The van der Waals surface area contributed by atoms with Gasteiger partial charge in [-0.1, -0.05) is 46.2 Å².